The molecular weight excluding hydrogens is 392 g/mol. The molecule has 0 fully saturated rings. The summed E-state index contributed by atoms with van der Waals surface area (Å²) in [6, 6.07) is 10.2. The maximum atomic E-state index is 11.2. The van der Waals surface area contributed by atoms with E-state index in [-0.39, 0.29) is 5.92 Å². The fourth-order valence-corrected chi connectivity index (χ4v) is 4.18. The predicted molar refractivity (Wildman–Crippen MR) is 140 cm³/mol. The predicted octanol–water partition coefficient (Wildman–Crippen LogP) is 9.61. The Morgan fingerprint density at radius 3 is 1.72 bits per heavy atom. The highest BCUT2D eigenvalue weighted by Crippen LogP contribution is 2.19. The number of unbranched alkanes of at least 4 members (excludes halogenated alkanes) is 14. The maximum Gasteiger partial charge on any atom is 0.330 e. The lowest BCUT2D eigenvalue weighted by Crippen LogP contribution is -2.01. The van der Waals surface area contributed by atoms with Crippen LogP contribution in [0.2, 0.25) is 0 Å². The highest BCUT2D eigenvalue weighted by Gasteiger charge is 2.06. The zero-order valence-corrected chi connectivity index (χ0v) is 20.9. The third-order valence-electron chi connectivity index (χ3n) is 6.28. The van der Waals surface area contributed by atoms with Crippen molar-refractivity contribution in [2.24, 2.45) is 5.92 Å². The normalized spacial score (nSPS) is 13.0. The van der Waals surface area contributed by atoms with Crippen LogP contribution in [-0.2, 0) is 4.79 Å². The molecule has 1 rings (SSSR count). The summed E-state index contributed by atoms with van der Waals surface area (Å²) >= 11 is 0. The van der Waals surface area contributed by atoms with Crippen molar-refractivity contribution in [1.29, 1.82) is 0 Å². The summed E-state index contributed by atoms with van der Waals surface area (Å²) in [6.45, 7) is 3.97. The molecule has 1 unspecified atom stereocenters. The van der Waals surface area contributed by atoms with Gasteiger partial charge in [-0.15, -0.1) is 0 Å². The second-order valence-corrected chi connectivity index (χ2v) is 9.33. The molecule has 0 aliphatic rings. The van der Waals surface area contributed by atoms with Crippen molar-refractivity contribution in [3.05, 3.63) is 53.6 Å². The summed E-state index contributed by atoms with van der Waals surface area (Å²) in [4.78, 5) is 11.2. The Balaban J connectivity index is 2.12. The van der Waals surface area contributed by atoms with Gasteiger partial charge >= 0.3 is 5.97 Å². The average Bonchev–Trinajstić information content (AvgIpc) is 2.80. The third-order valence-corrected chi connectivity index (χ3v) is 6.28. The van der Waals surface area contributed by atoms with Crippen molar-refractivity contribution in [3.63, 3.8) is 0 Å². The molecule has 0 saturated heterocycles. The Morgan fingerprint density at radius 1 is 0.781 bits per heavy atom. The van der Waals surface area contributed by atoms with Gasteiger partial charge in [0.2, 0.25) is 0 Å². The standard InChI is InChI=1S/C30H48O2/c1-3-4-5-6-7-8-9-10-11-12-13-14-15-16-18-23-29(26-27(2)30(31)32)25-24-28-21-19-17-20-22-28/h17,19-22,24-26,29H,3-16,18,23H2,1-2H3,(H,31,32). The summed E-state index contributed by atoms with van der Waals surface area (Å²) in [5.74, 6) is -0.632. The van der Waals surface area contributed by atoms with Crippen LogP contribution in [0.5, 0.6) is 0 Å². The van der Waals surface area contributed by atoms with E-state index < -0.39 is 5.97 Å². The number of rotatable bonds is 20. The van der Waals surface area contributed by atoms with Gasteiger partial charge in [0.25, 0.3) is 0 Å². The van der Waals surface area contributed by atoms with Crippen LogP contribution in [0.15, 0.2) is 48.1 Å². The molecule has 2 heteroatoms. The van der Waals surface area contributed by atoms with Crippen LogP contribution in [0.25, 0.3) is 6.08 Å². The van der Waals surface area contributed by atoms with Gasteiger partial charge in [-0.1, -0.05) is 152 Å². The zero-order chi connectivity index (χ0) is 23.3. The smallest absolute Gasteiger partial charge is 0.330 e. The van der Waals surface area contributed by atoms with E-state index in [9.17, 15) is 9.90 Å². The van der Waals surface area contributed by atoms with Gasteiger partial charge in [-0.3, -0.25) is 0 Å². The Bertz CT molecular complexity index is 629. The fraction of sp³-hybridized carbons (Fsp3) is 0.633. The van der Waals surface area contributed by atoms with Crippen molar-refractivity contribution >= 4 is 12.0 Å². The van der Waals surface area contributed by atoms with E-state index in [4.69, 9.17) is 0 Å². The highest BCUT2D eigenvalue weighted by molar-refractivity contribution is 5.85. The number of carbonyl (C=O) groups is 1. The van der Waals surface area contributed by atoms with Crippen molar-refractivity contribution in [2.75, 3.05) is 0 Å². The van der Waals surface area contributed by atoms with E-state index >= 15 is 0 Å². The van der Waals surface area contributed by atoms with Crippen LogP contribution in [0.4, 0.5) is 0 Å². The van der Waals surface area contributed by atoms with E-state index in [0.717, 1.165) is 18.4 Å². The number of carboxylic acid groups (broad SMARTS) is 1. The first-order valence-electron chi connectivity index (χ1n) is 13.3. The molecule has 1 N–H and O–H groups in total. The molecule has 1 aromatic rings. The maximum absolute atomic E-state index is 11.2. The average molecular weight is 441 g/mol. The van der Waals surface area contributed by atoms with Gasteiger partial charge in [0.1, 0.15) is 0 Å². The quantitative estimate of drug-likeness (QED) is 0.162. The molecule has 0 heterocycles. The van der Waals surface area contributed by atoms with E-state index in [1.54, 1.807) is 6.92 Å². The van der Waals surface area contributed by atoms with Crippen molar-refractivity contribution in [1.82, 2.24) is 0 Å². The lowest BCUT2D eigenvalue weighted by atomic mass is 9.96. The van der Waals surface area contributed by atoms with E-state index in [1.807, 2.05) is 24.3 Å². The molecule has 0 aliphatic carbocycles. The Hall–Kier alpha value is -1.83. The van der Waals surface area contributed by atoms with Gasteiger partial charge in [0, 0.05) is 5.57 Å². The Labute approximate surface area is 198 Å². The largest absolute Gasteiger partial charge is 0.478 e. The van der Waals surface area contributed by atoms with Crippen LogP contribution in [-0.4, -0.2) is 11.1 Å². The topological polar surface area (TPSA) is 37.3 Å². The van der Waals surface area contributed by atoms with Crippen molar-refractivity contribution in [2.45, 2.75) is 117 Å². The molecule has 0 saturated carbocycles. The summed E-state index contributed by atoms with van der Waals surface area (Å²) in [6.07, 6.45) is 27.7. The first kappa shape index (κ1) is 28.2. The van der Waals surface area contributed by atoms with E-state index in [0.29, 0.717) is 5.57 Å². The monoisotopic (exact) mass is 440 g/mol. The summed E-state index contributed by atoms with van der Waals surface area (Å²) in [5, 5.41) is 9.23. The number of hydrogen-bond acceptors (Lipinski definition) is 1. The molecule has 0 aromatic heterocycles. The minimum absolute atomic E-state index is 0.188. The van der Waals surface area contributed by atoms with Crippen LogP contribution in [0, 0.1) is 5.92 Å². The summed E-state index contributed by atoms with van der Waals surface area (Å²) in [7, 11) is 0. The molecule has 180 valence electrons. The molecule has 0 aliphatic heterocycles. The Morgan fingerprint density at radius 2 is 1.25 bits per heavy atom. The number of carboxylic acids is 1. The second kappa shape index (κ2) is 19.8. The molecule has 32 heavy (non-hydrogen) atoms. The molecule has 1 aromatic carbocycles. The van der Waals surface area contributed by atoms with Crippen LogP contribution < -0.4 is 0 Å². The second-order valence-electron chi connectivity index (χ2n) is 9.33. The molecule has 0 radical (unpaired) electrons. The van der Waals surface area contributed by atoms with Gasteiger partial charge in [-0.05, 0) is 24.8 Å². The van der Waals surface area contributed by atoms with Gasteiger partial charge in [0.15, 0.2) is 0 Å². The minimum Gasteiger partial charge on any atom is -0.478 e. The van der Waals surface area contributed by atoms with Crippen molar-refractivity contribution < 1.29 is 9.90 Å². The molecule has 0 spiro atoms. The lowest BCUT2D eigenvalue weighted by Gasteiger charge is -2.09. The number of benzene rings is 1. The first-order chi connectivity index (χ1) is 15.6. The fourth-order valence-electron chi connectivity index (χ4n) is 4.18. The van der Waals surface area contributed by atoms with Gasteiger partial charge in [0.05, 0.1) is 0 Å². The van der Waals surface area contributed by atoms with Gasteiger partial charge in [-0.2, -0.15) is 0 Å². The van der Waals surface area contributed by atoms with E-state index in [2.05, 4.69) is 31.2 Å². The number of hydrogen-bond donors (Lipinski definition) is 1. The molecule has 1 atom stereocenters. The number of aliphatic carboxylic acids is 1. The van der Waals surface area contributed by atoms with Crippen LogP contribution in [0.3, 0.4) is 0 Å². The van der Waals surface area contributed by atoms with Crippen LogP contribution in [0.1, 0.15) is 122 Å². The molecule has 0 amide bonds. The molecule has 2 nitrogen and oxygen atoms in total. The first-order valence-corrected chi connectivity index (χ1v) is 13.3. The lowest BCUT2D eigenvalue weighted by molar-refractivity contribution is -0.132. The SMILES string of the molecule is CCCCCCCCCCCCCCCCCC(C=Cc1ccccc1)C=C(C)C(=O)O. The highest BCUT2D eigenvalue weighted by atomic mass is 16.4. The van der Waals surface area contributed by atoms with Crippen molar-refractivity contribution in [3.8, 4) is 0 Å². The van der Waals surface area contributed by atoms with Gasteiger partial charge in [-0.25, -0.2) is 4.79 Å². The molecule has 0 bridgehead atoms. The third kappa shape index (κ3) is 15.9. The Kier molecular flexibility index (Phi) is 17.5. The van der Waals surface area contributed by atoms with Gasteiger partial charge < -0.3 is 5.11 Å². The van der Waals surface area contributed by atoms with Crippen LogP contribution >= 0.6 is 0 Å². The zero-order valence-electron chi connectivity index (χ0n) is 20.9. The molecular formula is C30H48O2. The summed E-state index contributed by atoms with van der Waals surface area (Å²) < 4.78 is 0. The summed E-state index contributed by atoms with van der Waals surface area (Å²) in [5.41, 5.74) is 1.60. The minimum atomic E-state index is -0.820. The van der Waals surface area contributed by atoms with E-state index in [1.165, 1.54) is 89.9 Å². The number of allylic oxidation sites excluding steroid dienone is 2.